The molecule has 1 saturated heterocycles. The van der Waals surface area contributed by atoms with Crippen LogP contribution in [0.25, 0.3) is 0 Å². The molecule has 0 bridgehead atoms. The van der Waals surface area contributed by atoms with Crippen molar-refractivity contribution in [1.82, 2.24) is 4.90 Å². The molecule has 25 heavy (non-hydrogen) atoms. The molecule has 0 radical (unpaired) electrons. The van der Waals surface area contributed by atoms with Gasteiger partial charge >= 0.3 is 0 Å². The van der Waals surface area contributed by atoms with Gasteiger partial charge in [0.2, 0.25) is 5.91 Å². The first-order valence-electron chi connectivity index (χ1n) is 8.88. The van der Waals surface area contributed by atoms with Crippen LogP contribution in [0.15, 0.2) is 48.5 Å². The summed E-state index contributed by atoms with van der Waals surface area (Å²) < 4.78 is 5.17. The highest BCUT2D eigenvalue weighted by atomic mass is 16.5. The van der Waals surface area contributed by atoms with Crippen molar-refractivity contribution in [3.8, 4) is 5.75 Å². The molecule has 0 spiro atoms. The molecule has 4 heteroatoms. The Morgan fingerprint density at radius 1 is 1.00 bits per heavy atom. The Kier molecular flexibility index (Phi) is 5.59. The lowest BCUT2D eigenvalue weighted by Gasteiger charge is -2.37. The van der Waals surface area contributed by atoms with Gasteiger partial charge in [0, 0.05) is 38.3 Å². The van der Waals surface area contributed by atoms with Gasteiger partial charge in [-0.05, 0) is 42.7 Å². The van der Waals surface area contributed by atoms with Crippen molar-refractivity contribution in [3.63, 3.8) is 0 Å². The van der Waals surface area contributed by atoms with Crippen LogP contribution in [0.3, 0.4) is 0 Å². The number of carbonyl (C=O) groups is 1. The molecule has 0 aliphatic carbocycles. The van der Waals surface area contributed by atoms with Crippen LogP contribution >= 0.6 is 0 Å². The molecule has 1 fully saturated rings. The number of ether oxygens (including phenoxy) is 1. The number of methoxy groups -OCH3 is 1. The first-order chi connectivity index (χ1) is 12.2. The number of aryl methyl sites for hydroxylation is 2. The van der Waals surface area contributed by atoms with Gasteiger partial charge in [0.05, 0.1) is 7.11 Å². The van der Waals surface area contributed by atoms with Crippen LogP contribution in [0, 0.1) is 6.92 Å². The molecule has 4 nitrogen and oxygen atoms in total. The zero-order chi connectivity index (χ0) is 17.6. The number of nitrogens with zero attached hydrogens (tertiary/aromatic N) is 2. The molecule has 1 aliphatic rings. The van der Waals surface area contributed by atoms with E-state index in [1.807, 2.05) is 29.2 Å². The lowest BCUT2D eigenvalue weighted by molar-refractivity contribution is -0.131. The van der Waals surface area contributed by atoms with Crippen LogP contribution < -0.4 is 9.64 Å². The standard InChI is InChI=1S/C21H26N2O2/c1-17-5-3-4-6-20(17)22-13-15-23(16-14-22)21(24)12-9-18-7-10-19(25-2)11-8-18/h3-8,10-11H,9,12-16H2,1-2H3. The molecule has 1 aliphatic heterocycles. The zero-order valence-electron chi connectivity index (χ0n) is 15.1. The van der Waals surface area contributed by atoms with E-state index in [0.29, 0.717) is 6.42 Å². The first-order valence-corrected chi connectivity index (χ1v) is 8.88. The van der Waals surface area contributed by atoms with Gasteiger partial charge in [-0.2, -0.15) is 0 Å². The first kappa shape index (κ1) is 17.3. The average molecular weight is 338 g/mol. The van der Waals surface area contributed by atoms with Crippen LogP contribution in [0.4, 0.5) is 5.69 Å². The van der Waals surface area contributed by atoms with Crippen LogP contribution in [-0.4, -0.2) is 44.1 Å². The molecule has 3 rings (SSSR count). The maximum absolute atomic E-state index is 12.5. The van der Waals surface area contributed by atoms with Gasteiger partial charge in [-0.15, -0.1) is 0 Å². The minimum Gasteiger partial charge on any atom is -0.497 e. The highest BCUT2D eigenvalue weighted by molar-refractivity contribution is 5.77. The van der Waals surface area contributed by atoms with Crippen molar-refractivity contribution in [2.24, 2.45) is 0 Å². The number of para-hydroxylation sites is 1. The van der Waals surface area contributed by atoms with Gasteiger partial charge in [-0.3, -0.25) is 4.79 Å². The molecular weight excluding hydrogens is 312 g/mol. The summed E-state index contributed by atoms with van der Waals surface area (Å²) in [5, 5.41) is 0. The van der Waals surface area contributed by atoms with E-state index in [1.165, 1.54) is 16.8 Å². The minimum atomic E-state index is 0.250. The van der Waals surface area contributed by atoms with Gasteiger partial charge in [0.25, 0.3) is 0 Å². The Morgan fingerprint density at radius 2 is 1.68 bits per heavy atom. The summed E-state index contributed by atoms with van der Waals surface area (Å²) in [5.41, 5.74) is 3.75. The van der Waals surface area contributed by atoms with E-state index in [1.54, 1.807) is 7.11 Å². The second-order valence-corrected chi connectivity index (χ2v) is 6.50. The summed E-state index contributed by atoms with van der Waals surface area (Å²) in [6.45, 7) is 5.55. The number of piperazine rings is 1. The molecule has 132 valence electrons. The van der Waals surface area contributed by atoms with Crippen LogP contribution in [0.1, 0.15) is 17.5 Å². The molecular formula is C21H26N2O2. The fourth-order valence-electron chi connectivity index (χ4n) is 3.32. The van der Waals surface area contributed by atoms with E-state index in [4.69, 9.17) is 4.74 Å². The Morgan fingerprint density at radius 3 is 2.32 bits per heavy atom. The summed E-state index contributed by atoms with van der Waals surface area (Å²) in [6.07, 6.45) is 1.34. The fraction of sp³-hybridized carbons (Fsp3) is 0.381. The van der Waals surface area contributed by atoms with E-state index >= 15 is 0 Å². The average Bonchev–Trinajstić information content (AvgIpc) is 2.67. The number of benzene rings is 2. The number of hydrogen-bond acceptors (Lipinski definition) is 3. The third-order valence-electron chi connectivity index (χ3n) is 4.88. The van der Waals surface area contributed by atoms with E-state index in [2.05, 4.69) is 36.1 Å². The predicted molar refractivity (Wildman–Crippen MR) is 101 cm³/mol. The predicted octanol–water partition coefficient (Wildman–Crippen LogP) is 3.29. The van der Waals surface area contributed by atoms with Crippen molar-refractivity contribution in [2.45, 2.75) is 19.8 Å². The van der Waals surface area contributed by atoms with Crippen molar-refractivity contribution in [3.05, 3.63) is 59.7 Å². The molecule has 0 aromatic heterocycles. The van der Waals surface area contributed by atoms with Crippen LogP contribution in [0.5, 0.6) is 5.75 Å². The molecule has 1 amide bonds. The fourth-order valence-corrected chi connectivity index (χ4v) is 3.32. The summed E-state index contributed by atoms with van der Waals surface area (Å²) in [7, 11) is 1.66. The quantitative estimate of drug-likeness (QED) is 0.839. The second-order valence-electron chi connectivity index (χ2n) is 6.50. The Bertz CT molecular complexity index is 704. The normalized spacial score (nSPS) is 14.5. The molecule has 2 aromatic carbocycles. The van der Waals surface area contributed by atoms with Gasteiger partial charge in [0.15, 0.2) is 0 Å². The summed E-state index contributed by atoms with van der Waals surface area (Å²) in [5.74, 6) is 1.10. The van der Waals surface area contributed by atoms with E-state index in [9.17, 15) is 4.79 Å². The zero-order valence-corrected chi connectivity index (χ0v) is 15.1. The molecule has 1 heterocycles. The van der Waals surface area contributed by atoms with Crippen molar-refractivity contribution in [2.75, 3.05) is 38.2 Å². The highest BCUT2D eigenvalue weighted by Crippen LogP contribution is 2.21. The third kappa shape index (κ3) is 4.32. The molecule has 0 N–H and O–H groups in total. The van der Waals surface area contributed by atoms with Crippen molar-refractivity contribution in [1.29, 1.82) is 0 Å². The molecule has 0 unspecified atom stereocenters. The number of anilines is 1. The van der Waals surface area contributed by atoms with Gasteiger partial charge in [-0.1, -0.05) is 30.3 Å². The Balaban J connectivity index is 1.49. The number of carbonyl (C=O) groups excluding carboxylic acids is 1. The van der Waals surface area contributed by atoms with E-state index in [0.717, 1.165) is 38.3 Å². The number of amides is 1. The van der Waals surface area contributed by atoms with Gasteiger partial charge in [-0.25, -0.2) is 0 Å². The largest absolute Gasteiger partial charge is 0.497 e. The number of rotatable bonds is 5. The molecule has 0 atom stereocenters. The summed E-state index contributed by atoms with van der Waals surface area (Å²) in [6, 6.07) is 16.4. The lowest BCUT2D eigenvalue weighted by atomic mass is 10.1. The maximum Gasteiger partial charge on any atom is 0.223 e. The topological polar surface area (TPSA) is 32.8 Å². The van der Waals surface area contributed by atoms with Crippen LogP contribution in [0.2, 0.25) is 0 Å². The van der Waals surface area contributed by atoms with Gasteiger partial charge in [0.1, 0.15) is 5.75 Å². The smallest absolute Gasteiger partial charge is 0.223 e. The maximum atomic E-state index is 12.5. The van der Waals surface area contributed by atoms with E-state index < -0.39 is 0 Å². The van der Waals surface area contributed by atoms with Crippen molar-refractivity contribution < 1.29 is 9.53 Å². The summed E-state index contributed by atoms with van der Waals surface area (Å²) >= 11 is 0. The van der Waals surface area contributed by atoms with Crippen molar-refractivity contribution >= 4 is 11.6 Å². The lowest BCUT2D eigenvalue weighted by Crippen LogP contribution is -2.49. The second kappa shape index (κ2) is 8.06. The van der Waals surface area contributed by atoms with E-state index in [-0.39, 0.29) is 5.91 Å². The molecule has 2 aromatic rings. The molecule has 0 saturated carbocycles. The highest BCUT2D eigenvalue weighted by Gasteiger charge is 2.21. The minimum absolute atomic E-state index is 0.250. The SMILES string of the molecule is COc1ccc(CCC(=O)N2CCN(c3ccccc3C)CC2)cc1. The summed E-state index contributed by atoms with van der Waals surface area (Å²) in [4.78, 5) is 16.9. The Hall–Kier alpha value is -2.49. The Labute approximate surface area is 150 Å². The third-order valence-corrected chi connectivity index (χ3v) is 4.88. The number of hydrogen-bond donors (Lipinski definition) is 0. The van der Waals surface area contributed by atoms with Crippen LogP contribution in [-0.2, 0) is 11.2 Å². The van der Waals surface area contributed by atoms with Gasteiger partial charge < -0.3 is 14.5 Å². The monoisotopic (exact) mass is 338 g/mol.